The standard InChI is InChI=1S/C23H22ClN5O3S2/c1-23(2)8-15-19(16(30)9-23)18(12-4-6-13(24)7-5-12)14(10-25)20(26)29(15)21-27-28-22(34-21)33-11-17(31)32-3/h4-7,18H,8-9,11,26H2,1-3H3. The third-order valence-corrected chi connectivity index (χ3v) is 7.98. The summed E-state index contributed by atoms with van der Waals surface area (Å²) in [6.07, 6.45) is 0.931. The molecule has 1 aromatic heterocycles. The number of allylic oxidation sites excluding steroid dienone is 3. The summed E-state index contributed by atoms with van der Waals surface area (Å²) in [5.74, 6) is -0.675. The second-order valence-electron chi connectivity index (χ2n) is 8.75. The fraction of sp³-hybridized carbons (Fsp3) is 0.348. The zero-order valence-electron chi connectivity index (χ0n) is 18.8. The van der Waals surface area contributed by atoms with Gasteiger partial charge in [-0.05, 0) is 29.5 Å². The molecule has 0 fully saturated rings. The quantitative estimate of drug-likeness (QED) is 0.456. The molecule has 1 unspecified atom stereocenters. The van der Waals surface area contributed by atoms with Crippen LogP contribution in [0, 0.1) is 16.7 Å². The normalized spacial score (nSPS) is 19.7. The molecule has 0 radical (unpaired) electrons. The largest absolute Gasteiger partial charge is 0.468 e. The number of anilines is 1. The molecule has 2 aliphatic rings. The number of hydrogen-bond acceptors (Lipinski definition) is 10. The molecule has 8 nitrogen and oxygen atoms in total. The van der Waals surface area contributed by atoms with Gasteiger partial charge in [0.25, 0.3) is 0 Å². The molecule has 4 rings (SSSR count). The Morgan fingerprint density at radius 2 is 2.06 bits per heavy atom. The molecule has 0 spiro atoms. The van der Waals surface area contributed by atoms with Crippen LogP contribution in [0.15, 0.2) is 51.3 Å². The fourth-order valence-electron chi connectivity index (χ4n) is 4.25. The third-order valence-electron chi connectivity index (χ3n) is 5.71. The Balaban J connectivity index is 1.84. The molecule has 1 aliphatic heterocycles. The van der Waals surface area contributed by atoms with Crippen molar-refractivity contribution in [2.45, 2.75) is 36.9 Å². The first-order valence-electron chi connectivity index (χ1n) is 10.4. The number of ketones is 1. The summed E-state index contributed by atoms with van der Waals surface area (Å²) < 4.78 is 5.23. The zero-order valence-corrected chi connectivity index (χ0v) is 21.2. The maximum atomic E-state index is 13.5. The van der Waals surface area contributed by atoms with Gasteiger partial charge in [0.1, 0.15) is 5.82 Å². The molecule has 0 saturated heterocycles. The Labute approximate surface area is 210 Å². The van der Waals surface area contributed by atoms with Gasteiger partial charge < -0.3 is 10.5 Å². The molecule has 0 saturated carbocycles. The van der Waals surface area contributed by atoms with E-state index in [-0.39, 0.29) is 34.3 Å². The van der Waals surface area contributed by atoms with Crippen LogP contribution in [0.2, 0.25) is 5.02 Å². The zero-order chi connectivity index (χ0) is 24.6. The van der Waals surface area contributed by atoms with Crippen molar-refractivity contribution in [3.63, 3.8) is 0 Å². The fourth-order valence-corrected chi connectivity index (χ4v) is 6.09. The van der Waals surface area contributed by atoms with Crippen LogP contribution in [0.1, 0.15) is 38.2 Å². The van der Waals surface area contributed by atoms with E-state index in [1.54, 1.807) is 17.0 Å². The minimum Gasteiger partial charge on any atom is -0.468 e. The summed E-state index contributed by atoms with van der Waals surface area (Å²) in [4.78, 5) is 26.7. The second-order valence-corrected chi connectivity index (χ2v) is 11.4. The molecular weight excluding hydrogens is 494 g/mol. The van der Waals surface area contributed by atoms with E-state index < -0.39 is 5.92 Å². The van der Waals surface area contributed by atoms with E-state index in [1.165, 1.54) is 30.2 Å². The minimum absolute atomic E-state index is 0.0266. The van der Waals surface area contributed by atoms with Crippen LogP contribution >= 0.6 is 34.7 Å². The van der Waals surface area contributed by atoms with Gasteiger partial charge >= 0.3 is 5.97 Å². The topological polar surface area (TPSA) is 122 Å². The monoisotopic (exact) mass is 515 g/mol. The Morgan fingerprint density at radius 3 is 2.71 bits per heavy atom. The van der Waals surface area contributed by atoms with Gasteiger partial charge in [0, 0.05) is 22.7 Å². The van der Waals surface area contributed by atoms with Crippen LogP contribution in [0.25, 0.3) is 0 Å². The molecule has 2 aromatic rings. The van der Waals surface area contributed by atoms with E-state index >= 15 is 0 Å². The van der Waals surface area contributed by atoms with Gasteiger partial charge in [-0.1, -0.05) is 60.7 Å². The van der Waals surface area contributed by atoms with Gasteiger partial charge in [-0.25, -0.2) is 0 Å². The van der Waals surface area contributed by atoms with Crippen LogP contribution in [-0.2, 0) is 14.3 Å². The first-order valence-corrected chi connectivity index (χ1v) is 12.6. The Bertz CT molecular complexity index is 1260. The number of esters is 1. The van der Waals surface area contributed by atoms with Crippen LogP contribution in [-0.4, -0.2) is 34.8 Å². The van der Waals surface area contributed by atoms with Gasteiger partial charge in [-0.3, -0.25) is 14.5 Å². The van der Waals surface area contributed by atoms with Crippen LogP contribution < -0.4 is 10.6 Å². The van der Waals surface area contributed by atoms with E-state index in [4.69, 9.17) is 17.3 Å². The molecule has 176 valence electrons. The molecule has 1 aliphatic carbocycles. The van der Waals surface area contributed by atoms with Gasteiger partial charge in [0.05, 0.1) is 30.4 Å². The lowest BCUT2D eigenvalue weighted by Crippen LogP contribution is -2.42. The van der Waals surface area contributed by atoms with Crippen LogP contribution in [0.5, 0.6) is 0 Å². The summed E-state index contributed by atoms with van der Waals surface area (Å²) in [7, 11) is 1.32. The molecule has 1 aromatic carbocycles. The average Bonchev–Trinajstić information content (AvgIpc) is 3.25. The van der Waals surface area contributed by atoms with E-state index in [0.29, 0.717) is 32.9 Å². The van der Waals surface area contributed by atoms with Crippen molar-refractivity contribution in [1.29, 1.82) is 5.26 Å². The van der Waals surface area contributed by atoms with E-state index in [1.807, 2.05) is 26.0 Å². The number of methoxy groups -OCH3 is 1. The lowest BCUT2D eigenvalue weighted by Gasteiger charge is -2.42. The molecule has 1 atom stereocenters. The van der Waals surface area contributed by atoms with E-state index in [2.05, 4.69) is 21.0 Å². The van der Waals surface area contributed by atoms with Crippen LogP contribution in [0.3, 0.4) is 0 Å². The highest BCUT2D eigenvalue weighted by molar-refractivity contribution is 8.01. The predicted molar refractivity (Wildman–Crippen MR) is 131 cm³/mol. The molecule has 2 N–H and O–H groups in total. The minimum atomic E-state index is -0.585. The number of thioether (sulfide) groups is 1. The number of rotatable bonds is 5. The third kappa shape index (κ3) is 4.56. The van der Waals surface area contributed by atoms with Gasteiger partial charge in [-0.15, -0.1) is 10.2 Å². The van der Waals surface area contributed by atoms with Crippen molar-refractivity contribution >= 4 is 51.6 Å². The summed E-state index contributed by atoms with van der Waals surface area (Å²) >= 11 is 8.52. The predicted octanol–water partition coefficient (Wildman–Crippen LogP) is 4.40. The highest BCUT2D eigenvalue weighted by atomic mass is 35.5. The molecule has 11 heteroatoms. The number of ether oxygens (including phenoxy) is 1. The summed E-state index contributed by atoms with van der Waals surface area (Å²) in [6.45, 7) is 4.06. The second kappa shape index (κ2) is 9.41. The highest BCUT2D eigenvalue weighted by Crippen LogP contribution is 2.50. The van der Waals surface area contributed by atoms with Crippen molar-refractivity contribution in [3.8, 4) is 6.07 Å². The average molecular weight is 516 g/mol. The Morgan fingerprint density at radius 1 is 1.35 bits per heavy atom. The summed E-state index contributed by atoms with van der Waals surface area (Å²) in [6, 6.07) is 9.34. The number of nitrogens with two attached hydrogens (primary N) is 1. The summed E-state index contributed by atoms with van der Waals surface area (Å²) in [5, 5.41) is 19.5. The van der Waals surface area contributed by atoms with Crippen molar-refractivity contribution < 1.29 is 14.3 Å². The Hall–Kier alpha value is -2.87. The van der Waals surface area contributed by atoms with Crippen molar-refractivity contribution in [3.05, 3.63) is 57.5 Å². The molecule has 2 heterocycles. The number of Topliss-reactive ketones (excluding diaryl/α,β-unsaturated/α-hetero) is 1. The van der Waals surface area contributed by atoms with Crippen molar-refractivity contribution in [2.75, 3.05) is 17.8 Å². The summed E-state index contributed by atoms with van der Waals surface area (Å²) in [5.41, 5.74) is 8.60. The van der Waals surface area contributed by atoms with Crippen molar-refractivity contribution in [2.24, 2.45) is 11.1 Å². The number of nitrogens with zero attached hydrogens (tertiary/aromatic N) is 4. The smallest absolute Gasteiger partial charge is 0.316 e. The van der Waals surface area contributed by atoms with E-state index in [9.17, 15) is 14.9 Å². The first-order chi connectivity index (χ1) is 16.1. The van der Waals surface area contributed by atoms with Crippen LogP contribution in [0.4, 0.5) is 5.13 Å². The molecule has 0 amide bonds. The molecular formula is C23H22ClN5O3S2. The SMILES string of the molecule is COC(=O)CSc1nnc(N2C(N)=C(C#N)C(c3ccc(Cl)cc3)C3=C2CC(C)(C)CC3=O)s1. The van der Waals surface area contributed by atoms with Gasteiger partial charge in [-0.2, -0.15) is 5.26 Å². The number of benzene rings is 1. The number of halogens is 1. The lowest BCUT2D eigenvalue weighted by molar-refractivity contribution is -0.137. The number of carbonyl (C=O) groups is 2. The first kappa shape index (κ1) is 24.3. The number of nitriles is 1. The van der Waals surface area contributed by atoms with Gasteiger partial charge in [0.2, 0.25) is 5.13 Å². The highest BCUT2D eigenvalue weighted by Gasteiger charge is 2.45. The van der Waals surface area contributed by atoms with Crippen molar-refractivity contribution in [1.82, 2.24) is 10.2 Å². The van der Waals surface area contributed by atoms with Gasteiger partial charge in [0.15, 0.2) is 10.1 Å². The number of hydrogen-bond donors (Lipinski definition) is 1. The van der Waals surface area contributed by atoms with E-state index in [0.717, 1.165) is 11.3 Å². The lowest BCUT2D eigenvalue weighted by atomic mass is 9.69. The number of aromatic nitrogens is 2. The molecule has 34 heavy (non-hydrogen) atoms. The maximum absolute atomic E-state index is 13.5. The maximum Gasteiger partial charge on any atom is 0.316 e. The Kier molecular flexibility index (Phi) is 6.71. The molecule has 0 bridgehead atoms. The number of carbonyl (C=O) groups excluding carboxylic acids is 2.